The van der Waals surface area contributed by atoms with Crippen molar-refractivity contribution < 1.29 is 4.74 Å². The molecule has 106 valence electrons. The van der Waals surface area contributed by atoms with Gasteiger partial charge in [0.05, 0.1) is 7.11 Å². The van der Waals surface area contributed by atoms with E-state index in [-0.39, 0.29) is 0 Å². The first-order valence-corrected chi connectivity index (χ1v) is 7.09. The fourth-order valence-corrected chi connectivity index (χ4v) is 2.22. The highest BCUT2D eigenvalue weighted by molar-refractivity contribution is 5.39. The smallest absolute Gasteiger partial charge is 0.123 e. The summed E-state index contributed by atoms with van der Waals surface area (Å²) in [6, 6.07) is 10.5. The van der Waals surface area contributed by atoms with Crippen molar-refractivity contribution in [2.45, 2.75) is 26.3 Å². The van der Waals surface area contributed by atoms with E-state index in [0.717, 1.165) is 31.7 Å². The molecule has 0 aliphatic heterocycles. The zero-order chi connectivity index (χ0) is 14.2. The molecule has 0 unspecified atom stereocenters. The van der Waals surface area contributed by atoms with Crippen LogP contribution in [-0.4, -0.2) is 18.6 Å². The Morgan fingerprint density at radius 2 is 1.90 bits per heavy atom. The normalized spacial score (nSPS) is 10.5. The van der Waals surface area contributed by atoms with Crippen molar-refractivity contribution in [2.24, 2.45) is 0 Å². The third-order valence-corrected chi connectivity index (χ3v) is 3.24. The summed E-state index contributed by atoms with van der Waals surface area (Å²) in [7, 11) is 1.72. The van der Waals surface area contributed by atoms with Gasteiger partial charge in [0.2, 0.25) is 0 Å². The van der Waals surface area contributed by atoms with Crippen molar-refractivity contribution in [3.63, 3.8) is 0 Å². The minimum Gasteiger partial charge on any atom is -0.496 e. The molecule has 0 aliphatic carbocycles. The predicted octanol–water partition coefficient (Wildman–Crippen LogP) is 3.18. The molecule has 1 aromatic carbocycles. The number of aromatic nitrogens is 1. The van der Waals surface area contributed by atoms with Crippen LogP contribution in [0, 0.1) is 0 Å². The third-order valence-electron chi connectivity index (χ3n) is 3.24. The maximum absolute atomic E-state index is 5.43. The average Bonchev–Trinajstić information content (AvgIpc) is 2.49. The van der Waals surface area contributed by atoms with Crippen molar-refractivity contribution in [3.8, 4) is 5.75 Å². The van der Waals surface area contributed by atoms with E-state index in [9.17, 15) is 0 Å². The molecule has 0 radical (unpaired) electrons. The number of methoxy groups -OCH3 is 1. The maximum Gasteiger partial charge on any atom is 0.123 e. The fourth-order valence-electron chi connectivity index (χ4n) is 2.22. The Kier molecular flexibility index (Phi) is 5.56. The maximum atomic E-state index is 5.43. The van der Waals surface area contributed by atoms with Crippen LogP contribution < -0.4 is 10.1 Å². The van der Waals surface area contributed by atoms with Gasteiger partial charge in [0.15, 0.2) is 0 Å². The number of rotatable bonds is 7. The van der Waals surface area contributed by atoms with Crippen molar-refractivity contribution in [2.75, 3.05) is 13.7 Å². The van der Waals surface area contributed by atoms with Gasteiger partial charge in [-0.05, 0) is 48.7 Å². The van der Waals surface area contributed by atoms with E-state index in [1.165, 1.54) is 16.7 Å². The molecule has 0 amide bonds. The molecule has 2 aromatic rings. The predicted molar refractivity (Wildman–Crippen MR) is 82.0 cm³/mol. The number of pyridine rings is 1. The lowest BCUT2D eigenvalue weighted by Gasteiger charge is -2.11. The van der Waals surface area contributed by atoms with Crippen LogP contribution in [0.2, 0.25) is 0 Å². The lowest BCUT2D eigenvalue weighted by atomic mass is 10.0. The molecule has 3 heteroatoms. The summed E-state index contributed by atoms with van der Waals surface area (Å²) < 4.78 is 5.43. The Bertz CT molecular complexity index is 526. The Labute approximate surface area is 121 Å². The molecule has 0 atom stereocenters. The van der Waals surface area contributed by atoms with Crippen LogP contribution in [0.4, 0.5) is 0 Å². The van der Waals surface area contributed by atoms with Gasteiger partial charge < -0.3 is 10.1 Å². The molecule has 1 N–H and O–H groups in total. The van der Waals surface area contributed by atoms with Crippen molar-refractivity contribution in [1.29, 1.82) is 0 Å². The molecule has 1 heterocycles. The summed E-state index contributed by atoms with van der Waals surface area (Å²) in [6.45, 7) is 4.04. The first kappa shape index (κ1) is 14.5. The summed E-state index contributed by atoms with van der Waals surface area (Å²) in [5.41, 5.74) is 3.79. The van der Waals surface area contributed by atoms with Gasteiger partial charge in [-0.15, -0.1) is 0 Å². The Morgan fingerprint density at radius 1 is 1.10 bits per heavy atom. The summed E-state index contributed by atoms with van der Waals surface area (Å²) in [6.07, 6.45) is 5.73. The summed E-state index contributed by atoms with van der Waals surface area (Å²) >= 11 is 0. The molecular weight excluding hydrogens is 248 g/mol. The first-order valence-electron chi connectivity index (χ1n) is 7.09. The number of nitrogens with zero attached hydrogens (tertiary/aromatic N) is 1. The molecule has 1 aromatic heterocycles. The van der Waals surface area contributed by atoms with Gasteiger partial charge in [-0.1, -0.05) is 19.1 Å². The van der Waals surface area contributed by atoms with E-state index in [1.807, 2.05) is 12.4 Å². The Balaban J connectivity index is 2.12. The molecule has 0 spiro atoms. The number of nitrogens with one attached hydrogen (secondary N) is 1. The van der Waals surface area contributed by atoms with Crippen LogP contribution in [0.5, 0.6) is 5.75 Å². The van der Waals surface area contributed by atoms with Gasteiger partial charge in [-0.3, -0.25) is 4.98 Å². The molecule has 0 saturated carbocycles. The molecule has 0 fully saturated rings. The van der Waals surface area contributed by atoms with Crippen LogP contribution >= 0.6 is 0 Å². The number of ether oxygens (including phenoxy) is 1. The van der Waals surface area contributed by atoms with Gasteiger partial charge in [-0.2, -0.15) is 0 Å². The minimum atomic E-state index is 0.848. The number of benzene rings is 1. The average molecular weight is 270 g/mol. The lowest BCUT2D eigenvalue weighted by Crippen LogP contribution is -2.14. The van der Waals surface area contributed by atoms with E-state index >= 15 is 0 Å². The molecular formula is C17H22N2O. The second-order valence-electron chi connectivity index (χ2n) is 4.86. The van der Waals surface area contributed by atoms with Crippen molar-refractivity contribution in [1.82, 2.24) is 10.3 Å². The van der Waals surface area contributed by atoms with Gasteiger partial charge in [0.25, 0.3) is 0 Å². The quantitative estimate of drug-likeness (QED) is 0.785. The van der Waals surface area contributed by atoms with Crippen LogP contribution in [-0.2, 0) is 13.0 Å². The summed E-state index contributed by atoms with van der Waals surface area (Å²) in [4.78, 5) is 4.05. The zero-order valence-electron chi connectivity index (χ0n) is 12.2. The third kappa shape index (κ3) is 4.07. The van der Waals surface area contributed by atoms with E-state index in [0.29, 0.717) is 0 Å². The van der Waals surface area contributed by atoms with E-state index in [1.54, 1.807) is 7.11 Å². The van der Waals surface area contributed by atoms with Crippen molar-refractivity contribution >= 4 is 0 Å². The second kappa shape index (κ2) is 7.65. The SMILES string of the molecule is CCCNCc1cc(Cc2ccncc2)ccc1OC. The highest BCUT2D eigenvalue weighted by atomic mass is 16.5. The molecule has 0 saturated heterocycles. The largest absolute Gasteiger partial charge is 0.496 e. The van der Waals surface area contributed by atoms with Crippen LogP contribution in [0.25, 0.3) is 0 Å². The van der Waals surface area contributed by atoms with Crippen LogP contribution in [0.15, 0.2) is 42.7 Å². The van der Waals surface area contributed by atoms with Crippen molar-refractivity contribution in [3.05, 3.63) is 59.4 Å². The van der Waals surface area contributed by atoms with Gasteiger partial charge in [-0.25, -0.2) is 0 Å². The summed E-state index contributed by atoms with van der Waals surface area (Å²) in [5.74, 6) is 0.951. The zero-order valence-corrected chi connectivity index (χ0v) is 12.2. The van der Waals surface area contributed by atoms with E-state index < -0.39 is 0 Å². The highest BCUT2D eigenvalue weighted by Crippen LogP contribution is 2.21. The Morgan fingerprint density at radius 3 is 2.60 bits per heavy atom. The van der Waals surface area contributed by atoms with Crippen LogP contribution in [0.1, 0.15) is 30.0 Å². The lowest BCUT2D eigenvalue weighted by molar-refractivity contribution is 0.407. The molecule has 0 bridgehead atoms. The molecule has 3 nitrogen and oxygen atoms in total. The van der Waals surface area contributed by atoms with E-state index in [2.05, 4.69) is 47.6 Å². The molecule has 2 rings (SSSR count). The van der Waals surface area contributed by atoms with Crippen LogP contribution in [0.3, 0.4) is 0 Å². The monoisotopic (exact) mass is 270 g/mol. The van der Waals surface area contributed by atoms with Gasteiger partial charge in [0, 0.05) is 24.5 Å². The minimum absolute atomic E-state index is 0.848. The molecule has 0 aliphatic rings. The van der Waals surface area contributed by atoms with E-state index in [4.69, 9.17) is 4.74 Å². The second-order valence-corrected chi connectivity index (χ2v) is 4.86. The highest BCUT2D eigenvalue weighted by Gasteiger charge is 2.05. The van der Waals surface area contributed by atoms with Gasteiger partial charge >= 0.3 is 0 Å². The topological polar surface area (TPSA) is 34.2 Å². The standard InChI is InChI=1S/C17H22N2O/c1-3-8-19-13-16-12-15(4-5-17(16)20-2)11-14-6-9-18-10-7-14/h4-7,9-10,12,19H,3,8,11,13H2,1-2H3. The van der Waals surface area contributed by atoms with Gasteiger partial charge in [0.1, 0.15) is 5.75 Å². The summed E-state index contributed by atoms with van der Waals surface area (Å²) in [5, 5.41) is 3.43. The Hall–Kier alpha value is -1.87. The first-order chi connectivity index (χ1) is 9.83. The number of hydrogen-bond acceptors (Lipinski definition) is 3. The molecule has 20 heavy (non-hydrogen) atoms. The fraction of sp³-hybridized carbons (Fsp3) is 0.353. The number of hydrogen-bond donors (Lipinski definition) is 1.